The van der Waals surface area contributed by atoms with Crippen LogP contribution in [0.3, 0.4) is 0 Å². The van der Waals surface area contributed by atoms with Crippen molar-refractivity contribution in [1.29, 1.82) is 0 Å². The Morgan fingerprint density at radius 2 is 2.10 bits per heavy atom. The van der Waals surface area contributed by atoms with E-state index in [2.05, 4.69) is 0 Å². The van der Waals surface area contributed by atoms with E-state index >= 15 is 0 Å². The molecule has 1 N–H and O–H groups in total. The topological polar surface area (TPSA) is 38.7 Å². The third-order valence-electron chi connectivity index (χ3n) is 6.57. The number of fused-ring (bicyclic) bond motifs is 2. The molecule has 0 amide bonds. The quantitative estimate of drug-likeness (QED) is 0.864. The average molecular weight is 280 g/mol. The van der Waals surface area contributed by atoms with Crippen molar-refractivity contribution in [3.63, 3.8) is 0 Å². The second-order valence-electron chi connectivity index (χ2n) is 7.82. The summed E-state index contributed by atoms with van der Waals surface area (Å²) in [5.74, 6) is 3.16. The maximum absolute atomic E-state index is 10.7. The van der Waals surface area contributed by atoms with Gasteiger partial charge < -0.3 is 14.6 Å². The van der Waals surface area contributed by atoms with Gasteiger partial charge in [0.2, 0.25) is 0 Å². The van der Waals surface area contributed by atoms with E-state index in [0.717, 1.165) is 63.3 Å². The summed E-state index contributed by atoms with van der Waals surface area (Å²) in [6, 6.07) is 0. The van der Waals surface area contributed by atoms with Crippen molar-refractivity contribution in [2.75, 3.05) is 19.8 Å². The van der Waals surface area contributed by atoms with Gasteiger partial charge in [-0.2, -0.15) is 0 Å². The van der Waals surface area contributed by atoms with Crippen molar-refractivity contribution in [2.24, 2.45) is 23.7 Å². The van der Waals surface area contributed by atoms with Gasteiger partial charge >= 0.3 is 0 Å². The molecule has 2 aliphatic carbocycles. The number of aliphatic hydroxyl groups is 1. The Bertz CT molecular complexity index is 350. The van der Waals surface area contributed by atoms with E-state index in [1.807, 2.05) is 0 Å². The normalized spacial score (nSPS) is 49.0. The lowest BCUT2D eigenvalue weighted by molar-refractivity contribution is -0.119. The zero-order valence-electron chi connectivity index (χ0n) is 12.4. The largest absolute Gasteiger partial charge is 0.393 e. The molecule has 4 rings (SSSR count). The summed E-state index contributed by atoms with van der Waals surface area (Å²) in [5.41, 5.74) is -0.0570. The molecule has 3 heteroatoms. The minimum atomic E-state index is -0.110. The Hall–Kier alpha value is -0.120. The van der Waals surface area contributed by atoms with Crippen LogP contribution in [0.5, 0.6) is 0 Å². The van der Waals surface area contributed by atoms with Crippen molar-refractivity contribution in [3.8, 4) is 0 Å². The predicted molar refractivity (Wildman–Crippen MR) is 76.4 cm³/mol. The zero-order valence-corrected chi connectivity index (χ0v) is 12.4. The summed E-state index contributed by atoms with van der Waals surface area (Å²) in [6.07, 6.45) is 9.71. The summed E-state index contributed by atoms with van der Waals surface area (Å²) < 4.78 is 11.5. The first-order chi connectivity index (χ1) is 9.74. The van der Waals surface area contributed by atoms with E-state index in [4.69, 9.17) is 9.47 Å². The molecule has 0 aromatic carbocycles. The third kappa shape index (κ3) is 2.42. The van der Waals surface area contributed by atoms with E-state index in [1.165, 1.54) is 25.7 Å². The SMILES string of the molecule is OC(CC1CC2CCC1C2)C1CCOC2(CCOC2)C1. The number of aliphatic hydroxyl groups excluding tert-OH is 1. The molecule has 0 aromatic heterocycles. The minimum Gasteiger partial charge on any atom is -0.393 e. The summed E-state index contributed by atoms with van der Waals surface area (Å²) >= 11 is 0. The number of ether oxygens (including phenoxy) is 2. The Morgan fingerprint density at radius 3 is 2.80 bits per heavy atom. The van der Waals surface area contributed by atoms with Crippen LogP contribution in [-0.2, 0) is 9.47 Å². The molecule has 3 nitrogen and oxygen atoms in total. The molecule has 0 aromatic rings. The van der Waals surface area contributed by atoms with Crippen LogP contribution in [0.1, 0.15) is 51.4 Å². The van der Waals surface area contributed by atoms with Gasteiger partial charge in [0.25, 0.3) is 0 Å². The first-order valence-electron chi connectivity index (χ1n) is 8.64. The Kier molecular flexibility index (Phi) is 3.56. The molecule has 20 heavy (non-hydrogen) atoms. The molecule has 6 unspecified atom stereocenters. The fraction of sp³-hybridized carbons (Fsp3) is 1.00. The van der Waals surface area contributed by atoms with Crippen molar-refractivity contribution >= 4 is 0 Å². The monoisotopic (exact) mass is 280 g/mol. The van der Waals surface area contributed by atoms with E-state index in [9.17, 15) is 5.11 Å². The fourth-order valence-corrected chi connectivity index (χ4v) is 5.43. The first kappa shape index (κ1) is 13.5. The van der Waals surface area contributed by atoms with Gasteiger partial charge in [0.1, 0.15) is 0 Å². The van der Waals surface area contributed by atoms with Gasteiger partial charge in [-0.1, -0.05) is 6.42 Å². The van der Waals surface area contributed by atoms with Crippen molar-refractivity contribution < 1.29 is 14.6 Å². The first-order valence-corrected chi connectivity index (χ1v) is 8.64. The van der Waals surface area contributed by atoms with Crippen LogP contribution in [-0.4, -0.2) is 36.6 Å². The lowest BCUT2D eigenvalue weighted by Gasteiger charge is -2.40. The molecule has 2 bridgehead atoms. The molecular weight excluding hydrogens is 252 g/mol. The number of hydrogen-bond donors (Lipinski definition) is 1. The second-order valence-corrected chi connectivity index (χ2v) is 7.82. The van der Waals surface area contributed by atoms with Crippen LogP contribution in [0, 0.1) is 23.7 Å². The third-order valence-corrected chi connectivity index (χ3v) is 6.57. The zero-order chi connectivity index (χ0) is 13.6. The van der Waals surface area contributed by atoms with Crippen LogP contribution in [0.25, 0.3) is 0 Å². The van der Waals surface area contributed by atoms with Gasteiger partial charge in [-0.3, -0.25) is 0 Å². The van der Waals surface area contributed by atoms with Gasteiger partial charge in [-0.25, -0.2) is 0 Å². The molecule has 1 spiro atoms. The van der Waals surface area contributed by atoms with Crippen LogP contribution in [0.2, 0.25) is 0 Å². The highest BCUT2D eigenvalue weighted by Gasteiger charge is 2.45. The van der Waals surface area contributed by atoms with Gasteiger partial charge in [0, 0.05) is 19.6 Å². The average Bonchev–Trinajstić information content (AvgIpc) is 3.16. The molecular formula is C17H28O3. The van der Waals surface area contributed by atoms with E-state index < -0.39 is 0 Å². The van der Waals surface area contributed by atoms with Crippen LogP contribution in [0.4, 0.5) is 0 Å². The summed E-state index contributed by atoms with van der Waals surface area (Å²) in [4.78, 5) is 0. The molecule has 6 atom stereocenters. The summed E-state index contributed by atoms with van der Waals surface area (Å²) in [5, 5.41) is 10.7. The van der Waals surface area contributed by atoms with Crippen molar-refractivity contribution in [1.82, 2.24) is 0 Å². The van der Waals surface area contributed by atoms with Crippen LogP contribution in [0.15, 0.2) is 0 Å². The Morgan fingerprint density at radius 1 is 1.15 bits per heavy atom. The highest BCUT2D eigenvalue weighted by molar-refractivity contribution is 4.95. The second kappa shape index (κ2) is 5.26. The van der Waals surface area contributed by atoms with E-state index in [1.54, 1.807) is 0 Å². The number of hydrogen-bond acceptors (Lipinski definition) is 3. The van der Waals surface area contributed by atoms with Gasteiger partial charge in [-0.15, -0.1) is 0 Å². The molecule has 4 fully saturated rings. The lowest BCUT2D eigenvalue weighted by Crippen LogP contribution is -2.44. The molecule has 2 heterocycles. The Labute approximate surface area is 122 Å². The summed E-state index contributed by atoms with van der Waals surface area (Å²) in [7, 11) is 0. The van der Waals surface area contributed by atoms with Crippen LogP contribution < -0.4 is 0 Å². The maximum Gasteiger partial charge on any atom is 0.0940 e. The Balaban J connectivity index is 1.35. The van der Waals surface area contributed by atoms with E-state index in [0.29, 0.717) is 5.92 Å². The van der Waals surface area contributed by atoms with Crippen molar-refractivity contribution in [3.05, 3.63) is 0 Å². The smallest absolute Gasteiger partial charge is 0.0940 e. The highest BCUT2D eigenvalue weighted by Crippen LogP contribution is 2.50. The summed E-state index contributed by atoms with van der Waals surface area (Å²) in [6.45, 7) is 2.38. The molecule has 2 saturated carbocycles. The fourth-order valence-electron chi connectivity index (χ4n) is 5.43. The lowest BCUT2D eigenvalue weighted by atomic mass is 9.77. The molecule has 4 aliphatic rings. The van der Waals surface area contributed by atoms with Gasteiger partial charge in [-0.05, 0) is 62.2 Å². The molecule has 2 saturated heterocycles. The van der Waals surface area contributed by atoms with Crippen molar-refractivity contribution in [2.45, 2.75) is 63.1 Å². The minimum absolute atomic E-state index is 0.0570. The van der Waals surface area contributed by atoms with Gasteiger partial charge in [0.05, 0.1) is 18.3 Å². The maximum atomic E-state index is 10.7. The number of rotatable bonds is 3. The van der Waals surface area contributed by atoms with E-state index in [-0.39, 0.29) is 11.7 Å². The predicted octanol–water partition coefficient (Wildman–Crippen LogP) is 2.76. The standard InChI is InChI=1S/C17H28O3/c18-16(9-15-8-12-1-2-13(15)7-12)14-3-5-20-17(10-14)4-6-19-11-17/h12-16,18H,1-11H2. The molecule has 114 valence electrons. The molecule has 2 aliphatic heterocycles. The van der Waals surface area contributed by atoms with Gasteiger partial charge in [0.15, 0.2) is 0 Å². The molecule has 0 radical (unpaired) electrons. The highest BCUT2D eigenvalue weighted by atomic mass is 16.6. The van der Waals surface area contributed by atoms with Crippen LogP contribution >= 0.6 is 0 Å².